The molecule has 1 unspecified atom stereocenters. The van der Waals surface area contributed by atoms with Gasteiger partial charge < -0.3 is 10.1 Å². The van der Waals surface area contributed by atoms with E-state index in [1.807, 2.05) is 12.1 Å². The van der Waals surface area contributed by atoms with Crippen molar-refractivity contribution in [2.45, 2.75) is 25.3 Å². The van der Waals surface area contributed by atoms with Crippen molar-refractivity contribution in [3.05, 3.63) is 36.0 Å². The highest BCUT2D eigenvalue weighted by molar-refractivity contribution is 5.80. The Bertz CT molecular complexity index is 574. The van der Waals surface area contributed by atoms with Gasteiger partial charge in [-0.2, -0.15) is 0 Å². The lowest BCUT2D eigenvalue weighted by Gasteiger charge is -2.24. The summed E-state index contributed by atoms with van der Waals surface area (Å²) in [6, 6.07) is 10.3. The van der Waals surface area contributed by atoms with Crippen LogP contribution in [0.1, 0.15) is 25.5 Å². The van der Waals surface area contributed by atoms with E-state index < -0.39 is 0 Å². The summed E-state index contributed by atoms with van der Waals surface area (Å²) in [6.07, 6.45) is 2.36. The molecule has 0 bridgehead atoms. The van der Waals surface area contributed by atoms with Gasteiger partial charge in [0.25, 0.3) is 0 Å². The first-order valence-corrected chi connectivity index (χ1v) is 6.42. The quantitative estimate of drug-likeness (QED) is 0.879. The highest BCUT2D eigenvalue weighted by Crippen LogP contribution is 2.30. The molecule has 3 nitrogen and oxygen atoms in total. The van der Waals surface area contributed by atoms with Crippen LogP contribution < -0.4 is 10.1 Å². The zero-order chi connectivity index (χ0) is 12.6. The molecule has 3 rings (SSSR count). The van der Waals surface area contributed by atoms with Crippen LogP contribution in [0.15, 0.2) is 30.3 Å². The van der Waals surface area contributed by atoms with Crippen LogP contribution in [0.25, 0.3) is 10.9 Å². The van der Waals surface area contributed by atoms with Crippen molar-refractivity contribution in [3.63, 3.8) is 0 Å². The Morgan fingerprint density at radius 3 is 2.83 bits per heavy atom. The minimum atomic E-state index is 0.0251. The molecule has 1 aliphatic heterocycles. The van der Waals surface area contributed by atoms with Gasteiger partial charge in [-0.15, -0.1) is 0 Å². The minimum absolute atomic E-state index is 0.0251. The zero-order valence-electron chi connectivity index (χ0n) is 10.9. The molecule has 1 aliphatic rings. The molecule has 2 heterocycles. The van der Waals surface area contributed by atoms with Crippen LogP contribution >= 0.6 is 0 Å². The lowest BCUT2D eigenvalue weighted by molar-refractivity contribution is 0.414. The first-order valence-electron chi connectivity index (χ1n) is 6.42. The molecule has 0 radical (unpaired) electrons. The molecule has 0 spiro atoms. The summed E-state index contributed by atoms with van der Waals surface area (Å²) in [7, 11) is 1.69. The molecule has 1 aromatic carbocycles. The molecular formula is C15H18N2O. The van der Waals surface area contributed by atoms with Crippen molar-refractivity contribution in [1.82, 2.24) is 10.3 Å². The van der Waals surface area contributed by atoms with Crippen LogP contribution in [-0.2, 0) is 5.54 Å². The van der Waals surface area contributed by atoms with E-state index in [1.165, 1.54) is 6.42 Å². The Morgan fingerprint density at radius 1 is 1.28 bits per heavy atom. The topological polar surface area (TPSA) is 34.1 Å². The second-order valence-corrected chi connectivity index (χ2v) is 5.12. The Morgan fingerprint density at radius 2 is 2.11 bits per heavy atom. The Balaban J connectivity index is 2.09. The molecular weight excluding hydrogens is 224 g/mol. The Hall–Kier alpha value is -1.61. The monoisotopic (exact) mass is 242 g/mol. The maximum absolute atomic E-state index is 5.26. The smallest absolute Gasteiger partial charge is 0.121 e. The van der Waals surface area contributed by atoms with Gasteiger partial charge in [0.15, 0.2) is 0 Å². The molecule has 2 aromatic rings. The summed E-state index contributed by atoms with van der Waals surface area (Å²) in [5.74, 6) is 0.858. The fourth-order valence-electron chi connectivity index (χ4n) is 2.64. The molecule has 0 saturated carbocycles. The van der Waals surface area contributed by atoms with Gasteiger partial charge in [-0.3, -0.25) is 4.98 Å². The molecule has 1 saturated heterocycles. The SMILES string of the molecule is COc1ccc2ccc(C3(C)CCCN3)nc2c1. The van der Waals surface area contributed by atoms with Crippen LogP contribution in [0.4, 0.5) is 0 Å². The van der Waals surface area contributed by atoms with Crippen molar-refractivity contribution in [2.24, 2.45) is 0 Å². The first kappa shape index (κ1) is 11.5. The summed E-state index contributed by atoms with van der Waals surface area (Å²) in [6.45, 7) is 3.31. The van der Waals surface area contributed by atoms with Crippen LogP contribution in [0.5, 0.6) is 5.75 Å². The predicted molar refractivity (Wildman–Crippen MR) is 72.9 cm³/mol. The average molecular weight is 242 g/mol. The van der Waals surface area contributed by atoms with Crippen LogP contribution in [-0.4, -0.2) is 18.6 Å². The number of hydrogen-bond donors (Lipinski definition) is 1. The van der Waals surface area contributed by atoms with E-state index in [9.17, 15) is 0 Å². The van der Waals surface area contributed by atoms with E-state index in [-0.39, 0.29) is 5.54 Å². The number of ether oxygens (including phenoxy) is 1. The van der Waals surface area contributed by atoms with Crippen molar-refractivity contribution in [1.29, 1.82) is 0 Å². The predicted octanol–water partition coefficient (Wildman–Crippen LogP) is 2.84. The van der Waals surface area contributed by atoms with Gasteiger partial charge >= 0.3 is 0 Å². The second-order valence-electron chi connectivity index (χ2n) is 5.12. The molecule has 1 atom stereocenters. The zero-order valence-corrected chi connectivity index (χ0v) is 10.9. The number of rotatable bonds is 2. The highest BCUT2D eigenvalue weighted by atomic mass is 16.5. The van der Waals surface area contributed by atoms with Gasteiger partial charge in [0.05, 0.1) is 23.9 Å². The van der Waals surface area contributed by atoms with Crippen LogP contribution in [0.3, 0.4) is 0 Å². The third-order valence-electron chi connectivity index (χ3n) is 3.83. The summed E-state index contributed by atoms with van der Waals surface area (Å²) in [5, 5.41) is 4.70. The van der Waals surface area contributed by atoms with Gasteiger partial charge in [0.2, 0.25) is 0 Å². The highest BCUT2D eigenvalue weighted by Gasteiger charge is 2.31. The fourth-order valence-corrected chi connectivity index (χ4v) is 2.64. The van der Waals surface area contributed by atoms with Gasteiger partial charge in [0.1, 0.15) is 5.75 Å². The normalized spacial score (nSPS) is 23.4. The standard InChI is InChI=1S/C15H18N2O/c1-15(8-3-9-16-15)14-7-5-11-4-6-12(18-2)10-13(11)17-14/h4-7,10,16H,3,8-9H2,1-2H3. The molecule has 3 heteroatoms. The average Bonchev–Trinajstić information content (AvgIpc) is 2.85. The summed E-state index contributed by atoms with van der Waals surface area (Å²) < 4.78 is 5.26. The van der Waals surface area contributed by atoms with E-state index in [2.05, 4.69) is 30.4 Å². The number of pyridine rings is 1. The van der Waals surface area contributed by atoms with Crippen LogP contribution in [0, 0.1) is 0 Å². The molecule has 0 aliphatic carbocycles. The van der Waals surface area contributed by atoms with Crippen LogP contribution in [0.2, 0.25) is 0 Å². The minimum Gasteiger partial charge on any atom is -0.497 e. The van der Waals surface area contributed by atoms with E-state index in [0.29, 0.717) is 0 Å². The maximum Gasteiger partial charge on any atom is 0.121 e. The fraction of sp³-hybridized carbons (Fsp3) is 0.400. The summed E-state index contributed by atoms with van der Waals surface area (Å²) in [4.78, 5) is 4.80. The van der Waals surface area contributed by atoms with Gasteiger partial charge in [-0.1, -0.05) is 6.07 Å². The summed E-state index contributed by atoms with van der Waals surface area (Å²) >= 11 is 0. The maximum atomic E-state index is 5.26. The first-order chi connectivity index (χ1) is 8.71. The van der Waals surface area contributed by atoms with E-state index in [1.54, 1.807) is 7.11 Å². The van der Waals surface area contributed by atoms with Gasteiger partial charge in [-0.05, 0) is 44.5 Å². The number of nitrogens with one attached hydrogen (secondary N) is 1. The largest absolute Gasteiger partial charge is 0.497 e. The molecule has 94 valence electrons. The number of nitrogens with zero attached hydrogens (tertiary/aromatic N) is 1. The van der Waals surface area contributed by atoms with Gasteiger partial charge in [-0.25, -0.2) is 0 Å². The molecule has 0 amide bonds. The van der Waals surface area contributed by atoms with Gasteiger partial charge in [0, 0.05) is 11.5 Å². The molecule has 1 fully saturated rings. The van der Waals surface area contributed by atoms with Crippen molar-refractivity contribution in [2.75, 3.05) is 13.7 Å². The number of methoxy groups -OCH3 is 1. The van der Waals surface area contributed by atoms with Crippen molar-refractivity contribution >= 4 is 10.9 Å². The molecule has 1 aromatic heterocycles. The molecule has 18 heavy (non-hydrogen) atoms. The third-order valence-corrected chi connectivity index (χ3v) is 3.83. The Labute approximate surface area is 107 Å². The van der Waals surface area contributed by atoms with Crippen molar-refractivity contribution < 1.29 is 4.74 Å². The second kappa shape index (κ2) is 4.25. The summed E-state index contributed by atoms with van der Waals surface area (Å²) in [5.41, 5.74) is 2.15. The number of benzene rings is 1. The lowest BCUT2D eigenvalue weighted by Crippen LogP contribution is -2.34. The molecule has 1 N–H and O–H groups in total. The third kappa shape index (κ3) is 1.85. The number of hydrogen-bond acceptors (Lipinski definition) is 3. The number of aromatic nitrogens is 1. The van der Waals surface area contributed by atoms with E-state index >= 15 is 0 Å². The van der Waals surface area contributed by atoms with E-state index in [0.717, 1.165) is 35.3 Å². The lowest BCUT2D eigenvalue weighted by atomic mass is 9.95. The Kier molecular flexibility index (Phi) is 2.71. The number of fused-ring (bicyclic) bond motifs is 1. The van der Waals surface area contributed by atoms with Crippen molar-refractivity contribution in [3.8, 4) is 5.75 Å². The van der Waals surface area contributed by atoms with E-state index in [4.69, 9.17) is 9.72 Å².